The van der Waals surface area contributed by atoms with Crippen LogP contribution in [0.5, 0.6) is 0 Å². The number of anilines is 1. The zero-order chi connectivity index (χ0) is 16.9. The summed E-state index contributed by atoms with van der Waals surface area (Å²) in [4.78, 5) is 23.2. The van der Waals surface area contributed by atoms with Crippen LogP contribution in [0.1, 0.15) is 32.1 Å². The molecule has 0 radical (unpaired) electrons. The van der Waals surface area contributed by atoms with Gasteiger partial charge in [-0.25, -0.2) is 5.48 Å². The van der Waals surface area contributed by atoms with Gasteiger partial charge in [-0.1, -0.05) is 37.1 Å². The van der Waals surface area contributed by atoms with E-state index in [2.05, 4.69) is 11.9 Å². The van der Waals surface area contributed by atoms with Crippen LogP contribution in [0.2, 0.25) is 0 Å². The second kappa shape index (κ2) is 11.4. The predicted octanol–water partition coefficient (Wildman–Crippen LogP) is 2.65. The number of ether oxygens (including phenoxy) is 1. The lowest BCUT2D eigenvalue weighted by molar-refractivity contribution is -0.141. The number of rotatable bonds is 11. The maximum atomic E-state index is 11.8. The third kappa shape index (κ3) is 8.13. The number of nitrogens with one attached hydrogen (secondary N) is 2. The molecule has 0 aliphatic rings. The van der Waals surface area contributed by atoms with Gasteiger partial charge in [0.05, 0.1) is 6.61 Å². The van der Waals surface area contributed by atoms with Gasteiger partial charge in [0.25, 0.3) is 5.91 Å². The molecular formula is C17H24N2O4. The highest BCUT2D eigenvalue weighted by atomic mass is 16.5. The molecule has 0 aromatic heterocycles. The van der Waals surface area contributed by atoms with Gasteiger partial charge in [0.15, 0.2) is 0 Å². The molecule has 1 rings (SSSR count). The van der Waals surface area contributed by atoms with E-state index in [0.717, 1.165) is 24.9 Å². The Bertz CT molecular complexity index is 491. The van der Waals surface area contributed by atoms with Crippen molar-refractivity contribution in [2.24, 2.45) is 0 Å². The number of carbonyl (C=O) groups excluding carboxylic acids is 2. The summed E-state index contributed by atoms with van der Waals surface area (Å²) in [5, 5.41) is 11.5. The van der Waals surface area contributed by atoms with Crippen molar-refractivity contribution in [1.82, 2.24) is 5.48 Å². The van der Waals surface area contributed by atoms with Crippen molar-refractivity contribution in [3.63, 3.8) is 0 Å². The van der Waals surface area contributed by atoms with Gasteiger partial charge in [0.1, 0.15) is 6.10 Å². The maximum Gasteiger partial charge on any atom is 0.272 e. The molecule has 0 aliphatic heterocycles. The summed E-state index contributed by atoms with van der Waals surface area (Å²) in [5.41, 5.74) is 2.39. The molecule has 0 spiro atoms. The van der Waals surface area contributed by atoms with E-state index in [1.165, 1.54) is 0 Å². The van der Waals surface area contributed by atoms with E-state index >= 15 is 0 Å². The quantitative estimate of drug-likeness (QED) is 0.253. The van der Waals surface area contributed by atoms with Gasteiger partial charge in [0, 0.05) is 12.1 Å². The Morgan fingerprint density at radius 1 is 1.22 bits per heavy atom. The van der Waals surface area contributed by atoms with Crippen LogP contribution in [0.3, 0.4) is 0 Å². The fraction of sp³-hybridized carbons (Fsp3) is 0.412. The molecule has 0 heterocycles. The Kier molecular flexibility index (Phi) is 9.35. The second-order valence-electron chi connectivity index (χ2n) is 5.10. The van der Waals surface area contributed by atoms with E-state index in [1.807, 2.05) is 30.3 Å². The zero-order valence-corrected chi connectivity index (χ0v) is 13.2. The van der Waals surface area contributed by atoms with Crippen molar-refractivity contribution in [3.05, 3.63) is 43.0 Å². The molecule has 1 atom stereocenters. The summed E-state index contributed by atoms with van der Waals surface area (Å²) < 4.78 is 5.28. The zero-order valence-electron chi connectivity index (χ0n) is 13.2. The minimum atomic E-state index is -0.698. The number of amides is 2. The summed E-state index contributed by atoms with van der Waals surface area (Å²) in [6.45, 7) is 3.77. The first-order valence-electron chi connectivity index (χ1n) is 7.68. The van der Waals surface area contributed by atoms with Crippen LogP contribution in [0.4, 0.5) is 5.69 Å². The second-order valence-corrected chi connectivity index (χ2v) is 5.10. The highest BCUT2D eigenvalue weighted by Crippen LogP contribution is 2.11. The lowest BCUT2D eigenvalue weighted by Gasteiger charge is -2.14. The van der Waals surface area contributed by atoms with E-state index in [1.54, 1.807) is 11.6 Å². The third-order valence-corrected chi connectivity index (χ3v) is 3.25. The summed E-state index contributed by atoms with van der Waals surface area (Å²) in [6, 6.07) is 9.30. The molecule has 0 bridgehead atoms. The van der Waals surface area contributed by atoms with E-state index in [4.69, 9.17) is 9.94 Å². The van der Waals surface area contributed by atoms with E-state index in [-0.39, 0.29) is 12.5 Å². The minimum Gasteiger partial charge on any atom is -0.364 e. The Balaban J connectivity index is 2.18. The Morgan fingerprint density at radius 3 is 2.61 bits per heavy atom. The number of unbranched alkanes of at least 4 members (excludes halogenated alkanes) is 2. The number of hydroxylamine groups is 1. The summed E-state index contributed by atoms with van der Waals surface area (Å²) in [6.07, 6.45) is 4.03. The van der Waals surface area contributed by atoms with Crippen molar-refractivity contribution in [2.45, 2.75) is 38.2 Å². The molecule has 2 amide bonds. The molecule has 1 aromatic rings. The van der Waals surface area contributed by atoms with Gasteiger partial charge in [-0.15, -0.1) is 6.58 Å². The molecule has 126 valence electrons. The highest BCUT2D eigenvalue weighted by Gasteiger charge is 2.17. The first kappa shape index (κ1) is 18.9. The van der Waals surface area contributed by atoms with Gasteiger partial charge in [-0.2, -0.15) is 0 Å². The largest absolute Gasteiger partial charge is 0.364 e. The number of benzene rings is 1. The molecule has 0 aliphatic carbocycles. The Labute approximate surface area is 136 Å². The fourth-order valence-electron chi connectivity index (χ4n) is 2.08. The number of hydrogen-bond donors (Lipinski definition) is 3. The van der Waals surface area contributed by atoms with Crippen molar-refractivity contribution < 1.29 is 19.5 Å². The molecule has 6 nitrogen and oxygen atoms in total. The Hall–Kier alpha value is -2.18. The molecule has 3 N–H and O–H groups in total. The monoisotopic (exact) mass is 320 g/mol. The third-order valence-electron chi connectivity index (χ3n) is 3.25. The SMILES string of the molecule is C=CCOC(CCCCCC(=O)Nc1ccccc1)C(=O)NO. The normalized spacial score (nSPS) is 11.5. The van der Waals surface area contributed by atoms with Gasteiger partial charge in [-0.05, 0) is 25.0 Å². The number of carbonyl (C=O) groups is 2. The molecule has 1 unspecified atom stereocenters. The molecular weight excluding hydrogens is 296 g/mol. The molecule has 0 fully saturated rings. The molecule has 1 aromatic carbocycles. The topological polar surface area (TPSA) is 87.7 Å². The molecule has 6 heteroatoms. The predicted molar refractivity (Wildman–Crippen MR) is 88.0 cm³/mol. The summed E-state index contributed by atoms with van der Waals surface area (Å²) >= 11 is 0. The van der Waals surface area contributed by atoms with E-state index in [9.17, 15) is 9.59 Å². The first-order valence-corrected chi connectivity index (χ1v) is 7.68. The highest BCUT2D eigenvalue weighted by molar-refractivity contribution is 5.90. The average molecular weight is 320 g/mol. The van der Waals surface area contributed by atoms with Crippen molar-refractivity contribution in [3.8, 4) is 0 Å². The molecule has 23 heavy (non-hydrogen) atoms. The van der Waals surface area contributed by atoms with E-state index in [0.29, 0.717) is 12.8 Å². The van der Waals surface area contributed by atoms with Crippen molar-refractivity contribution in [1.29, 1.82) is 0 Å². The minimum absolute atomic E-state index is 0.0243. The maximum absolute atomic E-state index is 11.8. The standard InChI is InChI=1S/C17H24N2O4/c1-2-13-23-15(17(21)19-22)11-7-4-8-12-16(20)18-14-9-5-3-6-10-14/h2-3,5-6,9-10,15,22H,1,4,7-8,11-13H2,(H,18,20)(H,19,21). The van der Waals surface area contributed by atoms with Crippen LogP contribution in [-0.4, -0.2) is 29.7 Å². The van der Waals surface area contributed by atoms with Crippen LogP contribution in [0.15, 0.2) is 43.0 Å². The lowest BCUT2D eigenvalue weighted by Crippen LogP contribution is -2.34. The van der Waals surface area contributed by atoms with Crippen molar-refractivity contribution >= 4 is 17.5 Å². The summed E-state index contributed by atoms with van der Waals surface area (Å²) in [5.74, 6) is -0.586. The van der Waals surface area contributed by atoms with Crippen molar-refractivity contribution in [2.75, 3.05) is 11.9 Å². The number of hydrogen-bond acceptors (Lipinski definition) is 4. The van der Waals surface area contributed by atoms with Crippen LogP contribution in [-0.2, 0) is 14.3 Å². The van der Waals surface area contributed by atoms with Crippen LogP contribution in [0.25, 0.3) is 0 Å². The molecule has 0 saturated carbocycles. The van der Waals surface area contributed by atoms with Gasteiger partial charge >= 0.3 is 0 Å². The van der Waals surface area contributed by atoms with E-state index < -0.39 is 12.0 Å². The number of para-hydroxylation sites is 1. The van der Waals surface area contributed by atoms with Gasteiger partial charge in [-0.3, -0.25) is 14.8 Å². The average Bonchev–Trinajstić information content (AvgIpc) is 2.57. The smallest absolute Gasteiger partial charge is 0.272 e. The van der Waals surface area contributed by atoms with Gasteiger partial charge < -0.3 is 10.1 Å². The fourth-order valence-corrected chi connectivity index (χ4v) is 2.08. The van der Waals surface area contributed by atoms with Crippen LogP contribution < -0.4 is 10.8 Å². The summed E-state index contributed by atoms with van der Waals surface area (Å²) in [7, 11) is 0. The lowest BCUT2D eigenvalue weighted by atomic mass is 10.1. The molecule has 0 saturated heterocycles. The van der Waals surface area contributed by atoms with Crippen LogP contribution in [0, 0.1) is 0 Å². The first-order chi connectivity index (χ1) is 11.2. The van der Waals surface area contributed by atoms with Crippen LogP contribution >= 0.6 is 0 Å². The van der Waals surface area contributed by atoms with Gasteiger partial charge in [0.2, 0.25) is 5.91 Å². The Morgan fingerprint density at radius 2 is 1.96 bits per heavy atom.